The van der Waals surface area contributed by atoms with Crippen LogP contribution in [0.3, 0.4) is 0 Å². The van der Waals surface area contributed by atoms with Crippen molar-refractivity contribution in [2.75, 3.05) is 0 Å². The number of hydrogen-bond donors (Lipinski definition) is 2. The molecule has 1 aliphatic carbocycles. The molecule has 1 heterocycles. The third-order valence-corrected chi connectivity index (χ3v) is 6.10. The maximum atomic E-state index is 12.3. The lowest BCUT2D eigenvalue weighted by molar-refractivity contribution is 0.229. The largest absolute Gasteiger partial charge is 0.334 e. The summed E-state index contributed by atoms with van der Waals surface area (Å²) in [5, 5.41) is 3.97. The van der Waals surface area contributed by atoms with Gasteiger partial charge in [0.2, 0.25) is 10.0 Å². The molecule has 1 fully saturated rings. The highest BCUT2D eigenvalue weighted by Gasteiger charge is 2.39. The van der Waals surface area contributed by atoms with Gasteiger partial charge in [-0.05, 0) is 56.9 Å². The number of hydrogen-bond acceptors (Lipinski definition) is 6. The van der Waals surface area contributed by atoms with Crippen LogP contribution >= 0.6 is 0 Å². The van der Waals surface area contributed by atoms with Crippen LogP contribution in [-0.2, 0) is 15.6 Å². The molecular weight excluding hydrogens is 328 g/mol. The van der Waals surface area contributed by atoms with E-state index in [1.807, 2.05) is 13.8 Å². The van der Waals surface area contributed by atoms with E-state index >= 15 is 0 Å². The molecule has 2 aromatic rings. The van der Waals surface area contributed by atoms with Crippen LogP contribution in [0.15, 0.2) is 33.7 Å². The average molecular weight is 350 g/mol. The number of nitrogens with zero attached hydrogens (tertiary/aromatic N) is 2. The lowest BCUT2D eigenvalue weighted by Gasteiger charge is -2.34. The van der Waals surface area contributed by atoms with Crippen molar-refractivity contribution in [3.05, 3.63) is 30.1 Å². The molecule has 1 unspecified atom stereocenters. The minimum Gasteiger partial charge on any atom is -0.334 e. The third-order valence-electron chi connectivity index (χ3n) is 4.50. The Morgan fingerprint density at radius 2 is 2.00 bits per heavy atom. The van der Waals surface area contributed by atoms with Gasteiger partial charge in [-0.2, -0.15) is 4.98 Å². The highest BCUT2D eigenvalue weighted by atomic mass is 32.2. The molecule has 130 valence electrons. The van der Waals surface area contributed by atoms with Crippen molar-refractivity contribution < 1.29 is 12.9 Å². The summed E-state index contributed by atoms with van der Waals surface area (Å²) in [6, 6.07) is 6.27. The van der Waals surface area contributed by atoms with Crippen molar-refractivity contribution in [3.63, 3.8) is 0 Å². The minimum absolute atomic E-state index is 0.114. The molecule has 1 aromatic carbocycles. The standard InChI is InChI=1S/C16H22N4O3S/c1-3-11(2)20-24(21,22)13-7-5-12(6-8-13)14-18-15(19-23-14)16(17)9-4-10-16/h5-8,11,20H,3-4,9-10,17H2,1-2H3. The Labute approximate surface area is 141 Å². The van der Waals surface area contributed by atoms with Gasteiger partial charge in [-0.1, -0.05) is 12.1 Å². The first-order valence-electron chi connectivity index (χ1n) is 8.10. The maximum absolute atomic E-state index is 12.3. The number of sulfonamides is 1. The summed E-state index contributed by atoms with van der Waals surface area (Å²) in [5.74, 6) is 0.861. The molecule has 0 amide bonds. The zero-order valence-electron chi connectivity index (χ0n) is 13.8. The van der Waals surface area contributed by atoms with E-state index in [2.05, 4.69) is 14.9 Å². The summed E-state index contributed by atoms with van der Waals surface area (Å²) in [6.07, 6.45) is 3.49. The second kappa shape index (κ2) is 6.27. The van der Waals surface area contributed by atoms with Crippen LogP contribution in [0.1, 0.15) is 45.4 Å². The smallest absolute Gasteiger partial charge is 0.257 e. The SMILES string of the molecule is CCC(C)NS(=O)(=O)c1ccc(-c2nc(C3(N)CCC3)no2)cc1. The maximum Gasteiger partial charge on any atom is 0.257 e. The molecule has 1 aromatic heterocycles. The van der Waals surface area contributed by atoms with Crippen molar-refractivity contribution in [2.24, 2.45) is 5.73 Å². The van der Waals surface area contributed by atoms with Crippen LogP contribution in [0.2, 0.25) is 0 Å². The van der Waals surface area contributed by atoms with Gasteiger partial charge >= 0.3 is 0 Å². The van der Waals surface area contributed by atoms with E-state index in [4.69, 9.17) is 10.3 Å². The van der Waals surface area contributed by atoms with Gasteiger partial charge < -0.3 is 10.3 Å². The summed E-state index contributed by atoms with van der Waals surface area (Å²) in [4.78, 5) is 4.57. The van der Waals surface area contributed by atoms with Crippen LogP contribution in [0.4, 0.5) is 0 Å². The summed E-state index contributed by atoms with van der Waals surface area (Å²) in [6.45, 7) is 3.75. The lowest BCUT2D eigenvalue weighted by Crippen LogP contribution is -2.44. The number of aromatic nitrogens is 2. The van der Waals surface area contributed by atoms with Gasteiger partial charge in [-0.15, -0.1) is 0 Å². The van der Waals surface area contributed by atoms with Crippen LogP contribution in [0, 0.1) is 0 Å². The number of nitrogens with one attached hydrogen (secondary N) is 1. The van der Waals surface area contributed by atoms with Gasteiger partial charge in [-0.25, -0.2) is 13.1 Å². The second-order valence-electron chi connectivity index (χ2n) is 6.39. The number of rotatable bonds is 6. The Kier molecular flexibility index (Phi) is 4.46. The summed E-state index contributed by atoms with van der Waals surface area (Å²) in [5.41, 5.74) is 6.37. The van der Waals surface area contributed by atoms with Gasteiger partial charge in [-0.3, -0.25) is 0 Å². The molecular formula is C16H22N4O3S. The Morgan fingerprint density at radius 1 is 1.33 bits per heavy atom. The summed E-state index contributed by atoms with van der Waals surface area (Å²) >= 11 is 0. The van der Waals surface area contributed by atoms with Gasteiger partial charge in [0.25, 0.3) is 5.89 Å². The highest BCUT2D eigenvalue weighted by Crippen LogP contribution is 2.37. The molecule has 0 bridgehead atoms. The van der Waals surface area contributed by atoms with Crippen LogP contribution in [0.25, 0.3) is 11.5 Å². The molecule has 0 spiro atoms. The predicted octanol–water partition coefficient (Wildman–Crippen LogP) is 2.15. The third kappa shape index (κ3) is 3.22. The Morgan fingerprint density at radius 3 is 2.54 bits per heavy atom. The zero-order chi connectivity index (χ0) is 17.4. The fourth-order valence-electron chi connectivity index (χ4n) is 2.52. The molecule has 1 aliphatic rings. The fourth-order valence-corrected chi connectivity index (χ4v) is 3.84. The monoisotopic (exact) mass is 350 g/mol. The first-order chi connectivity index (χ1) is 11.3. The molecule has 0 radical (unpaired) electrons. The predicted molar refractivity (Wildman–Crippen MR) is 89.5 cm³/mol. The van der Waals surface area contributed by atoms with E-state index in [0.717, 1.165) is 25.7 Å². The molecule has 0 aliphatic heterocycles. The number of benzene rings is 1. The summed E-state index contributed by atoms with van der Waals surface area (Å²) in [7, 11) is -3.52. The van der Waals surface area contributed by atoms with Crippen LogP contribution < -0.4 is 10.5 Å². The van der Waals surface area contributed by atoms with Crippen molar-refractivity contribution in [1.82, 2.24) is 14.9 Å². The molecule has 1 atom stereocenters. The van der Waals surface area contributed by atoms with Crippen molar-refractivity contribution >= 4 is 10.0 Å². The van der Waals surface area contributed by atoms with Crippen molar-refractivity contribution in [3.8, 4) is 11.5 Å². The van der Waals surface area contributed by atoms with E-state index in [9.17, 15) is 8.42 Å². The molecule has 3 N–H and O–H groups in total. The van der Waals surface area contributed by atoms with Crippen molar-refractivity contribution in [2.45, 2.75) is 56.0 Å². The van der Waals surface area contributed by atoms with Gasteiger partial charge in [0.15, 0.2) is 5.82 Å². The fraction of sp³-hybridized carbons (Fsp3) is 0.500. The Hall–Kier alpha value is -1.77. The quantitative estimate of drug-likeness (QED) is 0.826. The lowest BCUT2D eigenvalue weighted by atomic mass is 9.77. The first-order valence-corrected chi connectivity index (χ1v) is 9.58. The van der Waals surface area contributed by atoms with E-state index in [0.29, 0.717) is 17.3 Å². The van der Waals surface area contributed by atoms with Crippen molar-refractivity contribution in [1.29, 1.82) is 0 Å². The molecule has 0 saturated heterocycles. The normalized spacial score (nSPS) is 18.1. The molecule has 24 heavy (non-hydrogen) atoms. The molecule has 8 heteroatoms. The van der Waals surface area contributed by atoms with Crippen LogP contribution in [-0.4, -0.2) is 24.6 Å². The zero-order valence-corrected chi connectivity index (χ0v) is 14.6. The molecule has 1 saturated carbocycles. The van der Waals surface area contributed by atoms with Gasteiger partial charge in [0.05, 0.1) is 10.4 Å². The first kappa shape index (κ1) is 17.1. The Bertz CT molecular complexity index is 810. The molecule has 3 rings (SSSR count). The average Bonchev–Trinajstić information content (AvgIpc) is 3.02. The topological polar surface area (TPSA) is 111 Å². The van der Waals surface area contributed by atoms with Gasteiger partial charge in [0.1, 0.15) is 0 Å². The van der Waals surface area contributed by atoms with E-state index in [-0.39, 0.29) is 10.9 Å². The second-order valence-corrected chi connectivity index (χ2v) is 8.10. The van der Waals surface area contributed by atoms with E-state index in [1.54, 1.807) is 12.1 Å². The minimum atomic E-state index is -3.52. The highest BCUT2D eigenvalue weighted by molar-refractivity contribution is 7.89. The number of nitrogens with two attached hydrogens (primary N) is 1. The molecule has 7 nitrogen and oxygen atoms in total. The van der Waals surface area contributed by atoms with Gasteiger partial charge in [0, 0.05) is 11.6 Å². The Balaban J connectivity index is 1.80. The van der Waals surface area contributed by atoms with E-state index < -0.39 is 15.6 Å². The van der Waals surface area contributed by atoms with Crippen LogP contribution in [0.5, 0.6) is 0 Å². The van der Waals surface area contributed by atoms with E-state index in [1.165, 1.54) is 12.1 Å². The summed E-state index contributed by atoms with van der Waals surface area (Å²) < 4.78 is 32.4.